The van der Waals surface area contributed by atoms with Gasteiger partial charge < -0.3 is 20.1 Å². The molecule has 2 amide bonds. The second-order valence-corrected chi connectivity index (χ2v) is 10.8. The van der Waals surface area contributed by atoms with Gasteiger partial charge in [0.25, 0.3) is 5.91 Å². The molecule has 0 radical (unpaired) electrons. The van der Waals surface area contributed by atoms with Crippen LogP contribution in [0.1, 0.15) is 21.7 Å². The molecule has 0 fully saturated rings. The number of alkyl halides is 3. The van der Waals surface area contributed by atoms with Crippen molar-refractivity contribution in [2.75, 3.05) is 25.3 Å². The average molecular weight is 685 g/mol. The van der Waals surface area contributed by atoms with Crippen LogP contribution in [0, 0.1) is 0 Å². The zero-order valence-corrected chi connectivity index (χ0v) is 25.1. The van der Waals surface area contributed by atoms with Gasteiger partial charge in [-0.05, 0) is 54.6 Å². The molecule has 15 heteroatoms. The number of thioether (sulfide) groups is 1. The van der Waals surface area contributed by atoms with Crippen molar-refractivity contribution < 1.29 is 32.2 Å². The van der Waals surface area contributed by atoms with E-state index >= 15 is 0 Å². The van der Waals surface area contributed by atoms with Crippen LogP contribution in [-0.4, -0.2) is 46.6 Å². The van der Waals surface area contributed by atoms with Gasteiger partial charge in [-0.3, -0.25) is 14.2 Å². The molecule has 0 atom stereocenters. The number of hydrogen-bond acceptors (Lipinski definition) is 7. The monoisotopic (exact) mass is 683 g/mol. The molecule has 0 unspecified atom stereocenters. The van der Waals surface area contributed by atoms with Crippen LogP contribution in [0.5, 0.6) is 11.5 Å². The summed E-state index contributed by atoms with van der Waals surface area (Å²) in [5.74, 6) is 0.0284. The Labute approximate surface area is 255 Å². The lowest BCUT2D eigenvalue weighted by atomic mass is 10.2. The van der Waals surface area contributed by atoms with Crippen molar-refractivity contribution in [3.05, 3.63) is 87.1 Å². The molecule has 2 N–H and O–H groups in total. The first-order valence-corrected chi connectivity index (χ1v) is 14.1. The van der Waals surface area contributed by atoms with Gasteiger partial charge in [0.2, 0.25) is 5.91 Å². The third kappa shape index (κ3) is 7.75. The molecule has 3 aromatic carbocycles. The number of methoxy groups -OCH3 is 2. The normalized spacial score (nSPS) is 11.2. The number of aromatic nitrogens is 3. The number of nitrogens with one attached hydrogen (secondary N) is 2. The van der Waals surface area contributed by atoms with E-state index in [0.717, 1.165) is 34.4 Å². The van der Waals surface area contributed by atoms with E-state index in [9.17, 15) is 22.8 Å². The minimum Gasteiger partial charge on any atom is -0.497 e. The lowest BCUT2D eigenvalue weighted by Crippen LogP contribution is -2.24. The van der Waals surface area contributed by atoms with Crippen molar-refractivity contribution in [3.8, 4) is 17.2 Å². The molecule has 1 heterocycles. The van der Waals surface area contributed by atoms with Crippen molar-refractivity contribution in [2.24, 2.45) is 0 Å². The minimum absolute atomic E-state index is 0.0198. The lowest BCUT2D eigenvalue weighted by molar-refractivity contribution is -0.137. The molecule has 0 saturated heterocycles. The number of carbonyl (C=O) groups excluding carboxylic acids is 2. The van der Waals surface area contributed by atoms with E-state index in [-0.39, 0.29) is 23.0 Å². The zero-order chi connectivity index (χ0) is 30.4. The molecule has 42 heavy (non-hydrogen) atoms. The lowest BCUT2D eigenvalue weighted by Gasteiger charge is -2.13. The Morgan fingerprint density at radius 1 is 1.00 bits per heavy atom. The number of rotatable bonds is 10. The summed E-state index contributed by atoms with van der Waals surface area (Å²) in [5, 5.41) is 13.9. The highest BCUT2D eigenvalue weighted by Crippen LogP contribution is 2.34. The minimum atomic E-state index is -4.59. The maximum atomic E-state index is 13.1. The van der Waals surface area contributed by atoms with Crippen molar-refractivity contribution in [1.29, 1.82) is 0 Å². The number of anilines is 1. The van der Waals surface area contributed by atoms with Gasteiger partial charge in [-0.25, -0.2) is 0 Å². The van der Waals surface area contributed by atoms with Crippen LogP contribution in [0.25, 0.3) is 5.69 Å². The SMILES string of the molecule is COc1cc(OC)cc(C(=O)NCc2nnc(SCC(=O)Nc3cc(C(F)(F)F)ccc3Cl)n2-c2ccc(Br)cc2)c1. The van der Waals surface area contributed by atoms with Gasteiger partial charge in [-0.15, -0.1) is 10.2 Å². The molecule has 0 aliphatic heterocycles. The maximum absolute atomic E-state index is 13.1. The fourth-order valence-electron chi connectivity index (χ4n) is 3.67. The number of ether oxygens (including phenoxy) is 2. The summed E-state index contributed by atoms with van der Waals surface area (Å²) >= 11 is 10.4. The molecule has 0 aliphatic carbocycles. The average Bonchev–Trinajstić information content (AvgIpc) is 3.38. The summed E-state index contributed by atoms with van der Waals surface area (Å²) in [4.78, 5) is 25.6. The molecule has 0 spiro atoms. The Bertz CT molecular complexity index is 1580. The van der Waals surface area contributed by atoms with Crippen LogP contribution in [0.4, 0.5) is 18.9 Å². The van der Waals surface area contributed by atoms with Crippen LogP contribution < -0.4 is 20.1 Å². The smallest absolute Gasteiger partial charge is 0.416 e. The Hall–Kier alpha value is -3.75. The fraction of sp³-hybridized carbons (Fsp3) is 0.185. The quantitative estimate of drug-likeness (QED) is 0.187. The number of amides is 2. The van der Waals surface area contributed by atoms with Crippen LogP contribution >= 0.6 is 39.3 Å². The highest BCUT2D eigenvalue weighted by molar-refractivity contribution is 9.10. The molecule has 4 rings (SSSR count). The van der Waals surface area contributed by atoms with Crippen molar-refractivity contribution >= 4 is 56.8 Å². The Morgan fingerprint density at radius 3 is 2.29 bits per heavy atom. The Balaban J connectivity index is 1.52. The summed E-state index contributed by atoms with van der Waals surface area (Å²) in [7, 11) is 2.95. The van der Waals surface area contributed by atoms with Gasteiger partial charge >= 0.3 is 6.18 Å². The molecule has 0 saturated carbocycles. The Morgan fingerprint density at radius 2 is 1.67 bits per heavy atom. The third-order valence-corrected chi connectivity index (χ3v) is 7.49. The van der Waals surface area contributed by atoms with E-state index in [0.29, 0.717) is 33.7 Å². The second-order valence-electron chi connectivity index (χ2n) is 8.52. The molecule has 0 bridgehead atoms. The van der Waals surface area contributed by atoms with Gasteiger partial charge in [0.1, 0.15) is 11.5 Å². The molecular weight excluding hydrogens is 663 g/mol. The van der Waals surface area contributed by atoms with E-state index in [4.69, 9.17) is 21.1 Å². The highest BCUT2D eigenvalue weighted by Gasteiger charge is 2.31. The van der Waals surface area contributed by atoms with Crippen molar-refractivity contribution in [1.82, 2.24) is 20.1 Å². The van der Waals surface area contributed by atoms with Gasteiger partial charge in [0.15, 0.2) is 11.0 Å². The molecule has 9 nitrogen and oxygen atoms in total. The molecule has 4 aromatic rings. The van der Waals surface area contributed by atoms with E-state index in [2.05, 4.69) is 36.8 Å². The number of benzene rings is 3. The standard InChI is InChI=1S/C27H22BrClF3N5O4S/c1-40-19-9-15(10-20(12-19)41-2)25(39)33-13-23-35-36-26(37(23)18-6-4-17(28)5-7-18)42-14-24(38)34-22-11-16(27(30,31)32)3-8-21(22)29/h3-12H,13-14H2,1-2H3,(H,33,39)(H,34,38). The Kier molecular flexibility index (Phi) is 10.0. The van der Waals surface area contributed by atoms with Crippen LogP contribution in [-0.2, 0) is 17.5 Å². The zero-order valence-electron chi connectivity index (χ0n) is 22.0. The van der Waals surface area contributed by atoms with Crippen LogP contribution in [0.15, 0.2) is 70.3 Å². The first-order chi connectivity index (χ1) is 20.0. The van der Waals surface area contributed by atoms with E-state index < -0.39 is 23.6 Å². The number of halogens is 5. The largest absolute Gasteiger partial charge is 0.497 e. The molecule has 220 valence electrons. The maximum Gasteiger partial charge on any atom is 0.416 e. The van der Waals surface area contributed by atoms with E-state index in [1.54, 1.807) is 47.0 Å². The molecule has 0 aliphatic rings. The summed E-state index contributed by atoms with van der Waals surface area (Å²) in [5.41, 5.74) is -0.146. The van der Waals surface area contributed by atoms with Gasteiger partial charge in [0, 0.05) is 21.8 Å². The number of carbonyl (C=O) groups is 2. The number of nitrogens with zero attached hydrogens (tertiary/aromatic N) is 3. The molecular formula is C27H22BrClF3N5O4S. The van der Waals surface area contributed by atoms with Crippen molar-refractivity contribution in [3.63, 3.8) is 0 Å². The first-order valence-electron chi connectivity index (χ1n) is 12.0. The van der Waals surface area contributed by atoms with E-state index in [1.807, 2.05) is 0 Å². The predicted octanol–water partition coefficient (Wildman–Crippen LogP) is 6.38. The summed E-state index contributed by atoms with van der Waals surface area (Å²) in [6.45, 7) is -0.0198. The third-order valence-electron chi connectivity index (χ3n) is 5.71. The topological polar surface area (TPSA) is 107 Å². The van der Waals surface area contributed by atoms with Crippen LogP contribution in [0.2, 0.25) is 5.02 Å². The first kappa shape index (κ1) is 31.2. The van der Waals surface area contributed by atoms with Gasteiger partial charge in [-0.1, -0.05) is 39.3 Å². The summed E-state index contributed by atoms with van der Waals surface area (Å²) < 4.78 is 52.2. The van der Waals surface area contributed by atoms with Gasteiger partial charge in [-0.2, -0.15) is 13.2 Å². The van der Waals surface area contributed by atoms with Crippen molar-refractivity contribution in [2.45, 2.75) is 17.9 Å². The highest BCUT2D eigenvalue weighted by atomic mass is 79.9. The van der Waals surface area contributed by atoms with E-state index in [1.165, 1.54) is 14.2 Å². The fourth-order valence-corrected chi connectivity index (χ4v) is 4.87. The predicted molar refractivity (Wildman–Crippen MR) is 156 cm³/mol. The molecule has 1 aromatic heterocycles. The van der Waals surface area contributed by atoms with Gasteiger partial charge in [0.05, 0.1) is 42.8 Å². The summed E-state index contributed by atoms with van der Waals surface area (Å²) in [6.07, 6.45) is -4.59. The number of hydrogen-bond donors (Lipinski definition) is 2. The van der Waals surface area contributed by atoms with Crippen LogP contribution in [0.3, 0.4) is 0 Å². The second kappa shape index (κ2) is 13.5. The summed E-state index contributed by atoms with van der Waals surface area (Å²) in [6, 6.07) is 14.6.